The fraction of sp³-hybridized carbons (Fsp3) is 0.312. The van der Waals surface area contributed by atoms with Crippen molar-refractivity contribution in [3.05, 3.63) is 58.2 Å². The number of nitrogens with zero attached hydrogens (tertiary/aromatic N) is 3. The van der Waals surface area contributed by atoms with Crippen molar-refractivity contribution in [3.63, 3.8) is 0 Å². The zero-order valence-electron chi connectivity index (χ0n) is 11.7. The number of aromatic amines is 1. The quantitative estimate of drug-likeness (QED) is 0.781. The van der Waals surface area contributed by atoms with Crippen LogP contribution in [0.4, 0.5) is 0 Å². The Kier molecular flexibility index (Phi) is 2.84. The van der Waals surface area contributed by atoms with Crippen molar-refractivity contribution < 1.29 is 0 Å². The number of rotatable bonds is 2. The van der Waals surface area contributed by atoms with E-state index in [4.69, 9.17) is 0 Å². The average molecular weight is 280 g/mol. The zero-order chi connectivity index (χ0) is 14.2. The molecule has 1 aliphatic carbocycles. The molecular weight excluding hydrogens is 264 g/mol. The summed E-state index contributed by atoms with van der Waals surface area (Å²) in [7, 11) is 0. The van der Waals surface area contributed by atoms with Crippen LogP contribution in [0.3, 0.4) is 0 Å². The number of hydrogen-bond acceptors (Lipinski definition) is 3. The number of aryl methyl sites for hydroxylation is 1. The second-order valence-corrected chi connectivity index (χ2v) is 5.50. The smallest absolute Gasteiger partial charge is 0.258 e. The van der Waals surface area contributed by atoms with Crippen LogP contribution in [0.25, 0.3) is 10.9 Å². The largest absolute Gasteiger partial charge is 0.327 e. The van der Waals surface area contributed by atoms with E-state index in [9.17, 15) is 4.79 Å². The van der Waals surface area contributed by atoms with Gasteiger partial charge in [0.15, 0.2) is 0 Å². The van der Waals surface area contributed by atoms with E-state index in [-0.39, 0.29) is 5.56 Å². The maximum absolute atomic E-state index is 12.1. The summed E-state index contributed by atoms with van der Waals surface area (Å²) in [4.78, 5) is 24.0. The van der Waals surface area contributed by atoms with Crippen molar-refractivity contribution in [3.8, 4) is 0 Å². The Hall–Kier alpha value is -2.43. The first kappa shape index (κ1) is 12.3. The van der Waals surface area contributed by atoms with Gasteiger partial charge in [-0.1, -0.05) is 12.1 Å². The topological polar surface area (TPSA) is 63.6 Å². The molecule has 0 saturated heterocycles. The normalized spacial score (nSPS) is 14.3. The van der Waals surface area contributed by atoms with Crippen LogP contribution in [0.5, 0.6) is 0 Å². The van der Waals surface area contributed by atoms with E-state index in [1.165, 1.54) is 24.2 Å². The van der Waals surface area contributed by atoms with Gasteiger partial charge in [-0.3, -0.25) is 4.79 Å². The van der Waals surface area contributed by atoms with Gasteiger partial charge in [-0.05, 0) is 37.8 Å². The van der Waals surface area contributed by atoms with Crippen molar-refractivity contribution in [2.75, 3.05) is 0 Å². The summed E-state index contributed by atoms with van der Waals surface area (Å²) in [6, 6.07) is 7.42. The SMILES string of the molecule is O=c1[nH]c(Cn2cnc3c2CCCC3)nc2ccccc12. The summed E-state index contributed by atoms with van der Waals surface area (Å²) in [5.41, 5.74) is 3.15. The van der Waals surface area contributed by atoms with Gasteiger partial charge in [0.1, 0.15) is 5.82 Å². The Labute approximate surface area is 121 Å². The zero-order valence-corrected chi connectivity index (χ0v) is 11.7. The second kappa shape index (κ2) is 4.84. The molecule has 0 aliphatic heterocycles. The van der Waals surface area contributed by atoms with Crippen LogP contribution in [-0.4, -0.2) is 19.5 Å². The van der Waals surface area contributed by atoms with E-state index in [1.54, 1.807) is 6.07 Å². The van der Waals surface area contributed by atoms with Crippen molar-refractivity contribution in [1.82, 2.24) is 19.5 Å². The standard InChI is InChI=1S/C16H16N4O/c21-16-11-5-1-2-6-12(11)18-15(19-16)9-20-10-17-13-7-3-4-8-14(13)20/h1-2,5-6,10H,3-4,7-9H2,(H,18,19,21). The lowest BCUT2D eigenvalue weighted by molar-refractivity contribution is 0.620. The highest BCUT2D eigenvalue weighted by Crippen LogP contribution is 2.20. The maximum Gasteiger partial charge on any atom is 0.258 e. The Morgan fingerprint density at radius 3 is 3.00 bits per heavy atom. The first-order valence-corrected chi connectivity index (χ1v) is 7.32. The van der Waals surface area contributed by atoms with Gasteiger partial charge in [-0.25, -0.2) is 9.97 Å². The van der Waals surface area contributed by atoms with Gasteiger partial charge in [0.25, 0.3) is 5.56 Å². The van der Waals surface area contributed by atoms with Crippen LogP contribution in [0, 0.1) is 0 Å². The van der Waals surface area contributed by atoms with Gasteiger partial charge >= 0.3 is 0 Å². The van der Waals surface area contributed by atoms with Gasteiger partial charge in [0.05, 0.1) is 29.5 Å². The molecule has 0 bridgehead atoms. The molecule has 0 amide bonds. The molecule has 1 aliphatic rings. The highest BCUT2D eigenvalue weighted by Gasteiger charge is 2.15. The summed E-state index contributed by atoms with van der Waals surface area (Å²) in [6.07, 6.45) is 6.41. The van der Waals surface area contributed by atoms with Crippen LogP contribution in [0.1, 0.15) is 30.1 Å². The summed E-state index contributed by atoms with van der Waals surface area (Å²) < 4.78 is 2.11. The molecule has 1 aromatic carbocycles. The monoisotopic (exact) mass is 280 g/mol. The van der Waals surface area contributed by atoms with Crippen LogP contribution in [-0.2, 0) is 19.4 Å². The molecule has 1 N–H and O–H groups in total. The fourth-order valence-corrected chi connectivity index (χ4v) is 3.04. The van der Waals surface area contributed by atoms with Crippen LogP contribution < -0.4 is 5.56 Å². The Morgan fingerprint density at radius 1 is 1.19 bits per heavy atom. The summed E-state index contributed by atoms with van der Waals surface area (Å²) in [5.74, 6) is 0.685. The molecule has 0 unspecified atom stereocenters. The number of para-hydroxylation sites is 1. The highest BCUT2D eigenvalue weighted by atomic mass is 16.1. The molecule has 106 valence electrons. The van der Waals surface area contributed by atoms with Crippen molar-refractivity contribution >= 4 is 10.9 Å². The molecule has 0 atom stereocenters. The molecule has 0 fully saturated rings. The van der Waals surface area contributed by atoms with E-state index in [0.717, 1.165) is 18.4 Å². The molecule has 21 heavy (non-hydrogen) atoms. The van der Waals surface area contributed by atoms with Crippen LogP contribution >= 0.6 is 0 Å². The minimum Gasteiger partial charge on any atom is -0.327 e. The van der Waals surface area contributed by atoms with Gasteiger partial charge < -0.3 is 9.55 Å². The molecule has 0 radical (unpaired) electrons. The molecule has 5 nitrogen and oxygen atoms in total. The van der Waals surface area contributed by atoms with E-state index < -0.39 is 0 Å². The number of hydrogen-bond donors (Lipinski definition) is 1. The number of benzene rings is 1. The number of nitrogens with one attached hydrogen (secondary N) is 1. The minimum absolute atomic E-state index is 0.0791. The first-order chi connectivity index (χ1) is 10.3. The van der Waals surface area contributed by atoms with Crippen LogP contribution in [0.15, 0.2) is 35.4 Å². The molecule has 0 saturated carbocycles. The molecular formula is C16H16N4O. The molecule has 2 heterocycles. The molecule has 3 aromatic rings. The minimum atomic E-state index is -0.0791. The summed E-state index contributed by atoms with van der Waals surface area (Å²) in [6.45, 7) is 0.572. The van der Waals surface area contributed by atoms with Gasteiger partial charge in [0.2, 0.25) is 0 Å². The Balaban J connectivity index is 1.74. The van der Waals surface area contributed by atoms with Gasteiger partial charge in [-0.2, -0.15) is 0 Å². The van der Waals surface area contributed by atoms with E-state index >= 15 is 0 Å². The third kappa shape index (κ3) is 2.14. The summed E-state index contributed by atoms with van der Waals surface area (Å²) >= 11 is 0. The van der Waals surface area contributed by atoms with Crippen molar-refractivity contribution in [1.29, 1.82) is 0 Å². The first-order valence-electron chi connectivity index (χ1n) is 7.32. The lowest BCUT2D eigenvalue weighted by Crippen LogP contribution is -2.16. The van der Waals surface area contributed by atoms with Crippen molar-refractivity contribution in [2.24, 2.45) is 0 Å². The van der Waals surface area contributed by atoms with Crippen molar-refractivity contribution in [2.45, 2.75) is 32.2 Å². The lowest BCUT2D eigenvalue weighted by Gasteiger charge is -2.13. The highest BCUT2D eigenvalue weighted by molar-refractivity contribution is 5.77. The van der Waals surface area contributed by atoms with E-state index in [0.29, 0.717) is 17.8 Å². The average Bonchev–Trinajstić information content (AvgIpc) is 2.91. The third-order valence-electron chi connectivity index (χ3n) is 4.09. The number of fused-ring (bicyclic) bond motifs is 2. The molecule has 0 spiro atoms. The van der Waals surface area contributed by atoms with E-state index in [2.05, 4.69) is 19.5 Å². The maximum atomic E-state index is 12.1. The van der Waals surface area contributed by atoms with Gasteiger partial charge in [-0.15, -0.1) is 0 Å². The number of H-pyrrole nitrogens is 1. The number of imidazole rings is 1. The molecule has 5 heteroatoms. The second-order valence-electron chi connectivity index (χ2n) is 5.50. The predicted molar refractivity (Wildman–Crippen MR) is 80.3 cm³/mol. The van der Waals surface area contributed by atoms with Crippen LogP contribution in [0.2, 0.25) is 0 Å². The predicted octanol–water partition coefficient (Wildman–Crippen LogP) is 2.05. The van der Waals surface area contributed by atoms with E-state index in [1.807, 2.05) is 24.5 Å². The third-order valence-corrected chi connectivity index (χ3v) is 4.09. The molecule has 4 rings (SSSR count). The fourth-order valence-electron chi connectivity index (χ4n) is 3.04. The summed E-state index contributed by atoms with van der Waals surface area (Å²) in [5, 5.41) is 0.633. The van der Waals surface area contributed by atoms with Gasteiger partial charge in [0, 0.05) is 5.69 Å². The Morgan fingerprint density at radius 2 is 2.05 bits per heavy atom. The number of aromatic nitrogens is 4. The Bertz CT molecular complexity index is 862. The molecule has 2 aromatic heterocycles. The lowest BCUT2D eigenvalue weighted by atomic mass is 10.0.